The lowest BCUT2D eigenvalue weighted by molar-refractivity contribution is -0.120. The zero-order valence-corrected chi connectivity index (χ0v) is 12.5. The Hall–Kier alpha value is -2.93. The molecule has 0 unspecified atom stereocenters. The van der Waals surface area contributed by atoms with Gasteiger partial charge >= 0.3 is 0 Å². The maximum absolute atomic E-state index is 11.8. The van der Waals surface area contributed by atoms with Crippen molar-refractivity contribution in [3.05, 3.63) is 60.4 Å². The molecule has 7 heteroatoms. The van der Waals surface area contributed by atoms with Crippen molar-refractivity contribution in [1.29, 1.82) is 0 Å². The molecule has 3 aromatic heterocycles. The minimum atomic E-state index is -0.0900. The largest absolute Gasteiger partial charge is 0.467 e. The number of carbonyl (C=O) groups excluding carboxylic acids is 1. The Morgan fingerprint density at radius 1 is 1.22 bits per heavy atom. The molecule has 0 saturated heterocycles. The summed E-state index contributed by atoms with van der Waals surface area (Å²) in [6.45, 7) is 1.15. The van der Waals surface area contributed by atoms with Crippen LogP contribution in [0.5, 0.6) is 0 Å². The third kappa shape index (κ3) is 4.04. The minimum Gasteiger partial charge on any atom is -0.467 e. The van der Waals surface area contributed by atoms with Gasteiger partial charge in [-0.05, 0) is 24.3 Å². The average molecular weight is 311 g/mol. The van der Waals surface area contributed by atoms with E-state index in [-0.39, 0.29) is 12.5 Å². The second-order valence-electron chi connectivity index (χ2n) is 4.97. The van der Waals surface area contributed by atoms with Crippen molar-refractivity contribution in [2.75, 3.05) is 6.54 Å². The first-order chi connectivity index (χ1) is 11.3. The first-order valence-electron chi connectivity index (χ1n) is 7.25. The molecule has 7 nitrogen and oxygen atoms in total. The fourth-order valence-electron chi connectivity index (χ4n) is 2.18. The summed E-state index contributed by atoms with van der Waals surface area (Å²) in [5.41, 5.74) is 2.85. The van der Waals surface area contributed by atoms with Crippen molar-refractivity contribution >= 4 is 5.91 Å². The Bertz CT molecular complexity index is 737. The van der Waals surface area contributed by atoms with Crippen LogP contribution >= 0.6 is 0 Å². The minimum absolute atomic E-state index is 0.0900. The van der Waals surface area contributed by atoms with E-state index in [4.69, 9.17) is 4.42 Å². The van der Waals surface area contributed by atoms with Crippen LogP contribution in [-0.2, 0) is 17.9 Å². The van der Waals surface area contributed by atoms with E-state index in [0.29, 0.717) is 13.1 Å². The highest BCUT2D eigenvalue weighted by Gasteiger charge is 2.08. The number of hydrogen-bond donors (Lipinski definition) is 3. The van der Waals surface area contributed by atoms with Gasteiger partial charge in [-0.15, -0.1) is 0 Å². The number of aromatic amines is 1. The highest BCUT2D eigenvalue weighted by molar-refractivity contribution is 5.77. The standard InChI is InChI=1S/C16H17N5O2/c22-15(19-10-14-4-2-6-23-14)11-18-8-13-9-20-21-16(13)12-3-1-5-17-7-12/h1-7,9,18H,8,10-11H2,(H,19,22)(H,20,21). The topological polar surface area (TPSA) is 95.8 Å². The summed E-state index contributed by atoms with van der Waals surface area (Å²) >= 11 is 0. The monoisotopic (exact) mass is 311 g/mol. The van der Waals surface area contributed by atoms with Crippen molar-refractivity contribution in [1.82, 2.24) is 25.8 Å². The number of H-pyrrole nitrogens is 1. The molecular formula is C16H17N5O2. The molecule has 0 spiro atoms. The Morgan fingerprint density at radius 3 is 2.96 bits per heavy atom. The molecule has 0 atom stereocenters. The molecule has 0 aromatic carbocycles. The van der Waals surface area contributed by atoms with Crippen molar-refractivity contribution in [2.24, 2.45) is 0 Å². The maximum atomic E-state index is 11.8. The number of nitrogens with zero attached hydrogens (tertiary/aromatic N) is 2. The van der Waals surface area contributed by atoms with Crippen LogP contribution in [0, 0.1) is 0 Å². The fraction of sp³-hybridized carbons (Fsp3) is 0.188. The number of nitrogens with one attached hydrogen (secondary N) is 3. The number of amides is 1. The molecule has 0 saturated carbocycles. The summed E-state index contributed by atoms with van der Waals surface area (Å²) in [4.78, 5) is 15.9. The molecule has 0 aliphatic carbocycles. The predicted octanol–water partition coefficient (Wildman–Crippen LogP) is 1.47. The first kappa shape index (κ1) is 15.0. The summed E-state index contributed by atoms with van der Waals surface area (Å²) in [6, 6.07) is 7.44. The van der Waals surface area contributed by atoms with E-state index in [1.54, 1.807) is 30.9 Å². The van der Waals surface area contributed by atoms with E-state index in [2.05, 4.69) is 25.8 Å². The molecule has 1 amide bonds. The van der Waals surface area contributed by atoms with Gasteiger partial charge < -0.3 is 15.1 Å². The second-order valence-corrected chi connectivity index (χ2v) is 4.97. The van der Waals surface area contributed by atoms with Crippen LogP contribution in [-0.4, -0.2) is 27.6 Å². The summed E-state index contributed by atoms with van der Waals surface area (Å²) in [5, 5.41) is 12.9. The molecular weight excluding hydrogens is 294 g/mol. The van der Waals surface area contributed by atoms with E-state index in [1.165, 1.54) is 0 Å². The molecule has 3 rings (SSSR count). The van der Waals surface area contributed by atoms with E-state index in [9.17, 15) is 4.79 Å². The van der Waals surface area contributed by atoms with Crippen LogP contribution in [0.4, 0.5) is 0 Å². The molecule has 23 heavy (non-hydrogen) atoms. The number of pyridine rings is 1. The van der Waals surface area contributed by atoms with Crippen molar-refractivity contribution in [3.63, 3.8) is 0 Å². The number of hydrogen-bond acceptors (Lipinski definition) is 5. The molecule has 0 radical (unpaired) electrons. The van der Waals surface area contributed by atoms with Crippen LogP contribution in [0.25, 0.3) is 11.3 Å². The lowest BCUT2D eigenvalue weighted by Gasteiger charge is -2.06. The smallest absolute Gasteiger partial charge is 0.234 e. The van der Waals surface area contributed by atoms with E-state index in [0.717, 1.165) is 22.6 Å². The molecule has 118 valence electrons. The molecule has 0 fully saturated rings. The molecule has 0 aliphatic heterocycles. The van der Waals surface area contributed by atoms with E-state index < -0.39 is 0 Å². The lowest BCUT2D eigenvalue weighted by Crippen LogP contribution is -2.33. The Balaban J connectivity index is 1.48. The number of aromatic nitrogens is 3. The van der Waals surface area contributed by atoms with Gasteiger partial charge in [-0.2, -0.15) is 5.10 Å². The first-order valence-corrected chi connectivity index (χ1v) is 7.25. The van der Waals surface area contributed by atoms with Gasteiger partial charge in [-0.25, -0.2) is 0 Å². The second kappa shape index (κ2) is 7.37. The van der Waals surface area contributed by atoms with Gasteiger partial charge in [0.2, 0.25) is 5.91 Å². The van der Waals surface area contributed by atoms with Gasteiger partial charge in [0.15, 0.2) is 0 Å². The lowest BCUT2D eigenvalue weighted by atomic mass is 10.1. The molecule has 0 bridgehead atoms. The third-order valence-electron chi connectivity index (χ3n) is 3.31. The molecule has 3 heterocycles. The Kier molecular flexibility index (Phi) is 4.80. The summed E-state index contributed by atoms with van der Waals surface area (Å²) in [6.07, 6.45) is 6.82. The molecule has 0 aliphatic rings. The van der Waals surface area contributed by atoms with Crippen molar-refractivity contribution in [2.45, 2.75) is 13.1 Å². The average Bonchev–Trinajstić information content (AvgIpc) is 3.25. The highest BCUT2D eigenvalue weighted by Crippen LogP contribution is 2.19. The molecule has 3 aromatic rings. The maximum Gasteiger partial charge on any atom is 0.234 e. The quantitative estimate of drug-likeness (QED) is 0.614. The number of rotatable bonds is 7. The number of carbonyl (C=O) groups is 1. The van der Waals surface area contributed by atoms with Gasteiger partial charge in [0.1, 0.15) is 5.76 Å². The summed E-state index contributed by atoms with van der Waals surface area (Å²) in [7, 11) is 0. The molecule has 3 N–H and O–H groups in total. The summed E-state index contributed by atoms with van der Waals surface area (Å²) in [5.74, 6) is 0.639. The van der Waals surface area contributed by atoms with Crippen LogP contribution in [0.3, 0.4) is 0 Å². The van der Waals surface area contributed by atoms with Crippen LogP contribution < -0.4 is 10.6 Å². The van der Waals surface area contributed by atoms with Gasteiger partial charge in [-0.3, -0.25) is 14.9 Å². The van der Waals surface area contributed by atoms with Crippen molar-refractivity contribution in [3.8, 4) is 11.3 Å². The highest BCUT2D eigenvalue weighted by atomic mass is 16.3. The Labute approximate surface area is 133 Å². The van der Waals surface area contributed by atoms with E-state index in [1.807, 2.05) is 18.2 Å². The van der Waals surface area contributed by atoms with Gasteiger partial charge in [0.05, 0.1) is 31.2 Å². The van der Waals surface area contributed by atoms with Crippen LogP contribution in [0.15, 0.2) is 53.5 Å². The van der Waals surface area contributed by atoms with E-state index >= 15 is 0 Å². The van der Waals surface area contributed by atoms with Gasteiger partial charge in [0, 0.05) is 30.1 Å². The Morgan fingerprint density at radius 2 is 2.17 bits per heavy atom. The zero-order chi connectivity index (χ0) is 15.9. The predicted molar refractivity (Wildman–Crippen MR) is 84.1 cm³/mol. The fourth-order valence-corrected chi connectivity index (χ4v) is 2.18. The van der Waals surface area contributed by atoms with Gasteiger partial charge in [-0.1, -0.05) is 0 Å². The third-order valence-corrected chi connectivity index (χ3v) is 3.31. The number of furan rings is 1. The van der Waals surface area contributed by atoms with Gasteiger partial charge in [0.25, 0.3) is 0 Å². The summed E-state index contributed by atoms with van der Waals surface area (Å²) < 4.78 is 5.16. The zero-order valence-electron chi connectivity index (χ0n) is 12.5. The normalized spacial score (nSPS) is 10.6. The van der Waals surface area contributed by atoms with Crippen LogP contribution in [0.2, 0.25) is 0 Å². The van der Waals surface area contributed by atoms with Crippen molar-refractivity contribution < 1.29 is 9.21 Å². The van der Waals surface area contributed by atoms with Crippen LogP contribution in [0.1, 0.15) is 11.3 Å². The SMILES string of the molecule is O=C(CNCc1cn[nH]c1-c1cccnc1)NCc1ccco1.